The van der Waals surface area contributed by atoms with Gasteiger partial charge in [0, 0.05) is 4.88 Å². The molecule has 0 aliphatic rings. The molecule has 1 aromatic heterocycles. The summed E-state index contributed by atoms with van der Waals surface area (Å²) in [7, 11) is 1.89. The van der Waals surface area contributed by atoms with Gasteiger partial charge in [0.25, 0.3) is 0 Å². The molecule has 1 N–H and O–H groups in total. The van der Waals surface area contributed by atoms with Gasteiger partial charge in [0.15, 0.2) is 0 Å². The molecule has 0 aliphatic heterocycles. The molecule has 1 unspecified atom stereocenters. The summed E-state index contributed by atoms with van der Waals surface area (Å²) in [5.41, 5.74) is 1.05. The van der Waals surface area contributed by atoms with Crippen LogP contribution in [0.5, 0.6) is 0 Å². The molecule has 5 heteroatoms. The van der Waals surface area contributed by atoms with Crippen LogP contribution in [0.3, 0.4) is 0 Å². The number of benzene rings is 1. The molecule has 0 aliphatic carbocycles. The van der Waals surface area contributed by atoms with Crippen molar-refractivity contribution in [1.29, 1.82) is 0 Å². The first kappa shape index (κ1) is 13.2. The van der Waals surface area contributed by atoms with E-state index in [0.717, 1.165) is 15.5 Å². The fourth-order valence-corrected chi connectivity index (χ4v) is 3.26. The SMILES string of the molecule is CNC(c1ccc(Cl)c(Cl)c1)c1sccc1Cl. The van der Waals surface area contributed by atoms with Gasteiger partial charge < -0.3 is 5.32 Å². The van der Waals surface area contributed by atoms with Crippen molar-refractivity contribution in [2.45, 2.75) is 6.04 Å². The summed E-state index contributed by atoms with van der Waals surface area (Å²) in [5, 5.41) is 7.08. The van der Waals surface area contributed by atoms with Crippen molar-refractivity contribution in [2.75, 3.05) is 7.05 Å². The van der Waals surface area contributed by atoms with Crippen LogP contribution in [0.1, 0.15) is 16.5 Å². The Bertz CT molecular complexity index is 524. The zero-order chi connectivity index (χ0) is 12.4. The van der Waals surface area contributed by atoms with Crippen LogP contribution >= 0.6 is 46.1 Å². The highest BCUT2D eigenvalue weighted by Crippen LogP contribution is 2.34. The second-order valence-electron chi connectivity index (χ2n) is 3.53. The Morgan fingerprint density at radius 1 is 1.06 bits per heavy atom. The van der Waals surface area contributed by atoms with Crippen molar-refractivity contribution in [3.63, 3.8) is 0 Å². The molecule has 17 heavy (non-hydrogen) atoms. The van der Waals surface area contributed by atoms with Crippen LogP contribution in [0.2, 0.25) is 15.1 Å². The fourth-order valence-electron chi connectivity index (χ4n) is 1.65. The summed E-state index contributed by atoms with van der Waals surface area (Å²) in [5.74, 6) is 0. The van der Waals surface area contributed by atoms with Gasteiger partial charge in [-0.1, -0.05) is 40.9 Å². The minimum Gasteiger partial charge on any atom is -0.309 e. The minimum atomic E-state index is 0.0391. The maximum absolute atomic E-state index is 6.15. The molecule has 0 spiro atoms. The lowest BCUT2D eigenvalue weighted by Gasteiger charge is -2.16. The third-order valence-corrected chi connectivity index (χ3v) is 4.64. The third kappa shape index (κ3) is 2.78. The lowest BCUT2D eigenvalue weighted by Crippen LogP contribution is -2.16. The molecule has 0 fully saturated rings. The Morgan fingerprint density at radius 2 is 1.82 bits per heavy atom. The van der Waals surface area contributed by atoms with Crippen LogP contribution < -0.4 is 5.32 Å². The van der Waals surface area contributed by atoms with E-state index in [9.17, 15) is 0 Å². The van der Waals surface area contributed by atoms with Gasteiger partial charge in [-0.05, 0) is 36.2 Å². The van der Waals surface area contributed by atoms with E-state index in [4.69, 9.17) is 34.8 Å². The summed E-state index contributed by atoms with van der Waals surface area (Å²) in [4.78, 5) is 1.08. The van der Waals surface area contributed by atoms with Crippen LogP contribution in [0.25, 0.3) is 0 Å². The van der Waals surface area contributed by atoms with Crippen LogP contribution in [0.4, 0.5) is 0 Å². The van der Waals surface area contributed by atoms with Crippen molar-refractivity contribution < 1.29 is 0 Å². The van der Waals surface area contributed by atoms with Crippen molar-refractivity contribution in [1.82, 2.24) is 5.32 Å². The van der Waals surface area contributed by atoms with Crippen molar-refractivity contribution >= 4 is 46.1 Å². The van der Waals surface area contributed by atoms with E-state index in [-0.39, 0.29) is 6.04 Å². The maximum atomic E-state index is 6.15. The summed E-state index contributed by atoms with van der Waals surface area (Å²) in [6.45, 7) is 0. The molecule has 90 valence electrons. The monoisotopic (exact) mass is 305 g/mol. The van der Waals surface area contributed by atoms with Gasteiger partial charge in [0.2, 0.25) is 0 Å². The summed E-state index contributed by atoms with van der Waals surface area (Å²) in [6, 6.07) is 7.54. The lowest BCUT2D eigenvalue weighted by atomic mass is 10.1. The Balaban J connectivity index is 2.42. The molecule has 0 saturated heterocycles. The molecule has 0 saturated carbocycles. The van der Waals surface area contributed by atoms with E-state index in [1.807, 2.05) is 30.6 Å². The number of hydrogen-bond donors (Lipinski definition) is 1. The normalized spacial score (nSPS) is 12.7. The molecule has 0 bridgehead atoms. The smallest absolute Gasteiger partial charge is 0.0684 e. The summed E-state index contributed by atoms with van der Waals surface area (Å²) >= 11 is 19.7. The Kier molecular flexibility index (Phi) is 4.34. The van der Waals surface area contributed by atoms with Gasteiger partial charge in [-0.15, -0.1) is 11.3 Å². The zero-order valence-electron chi connectivity index (χ0n) is 9.01. The van der Waals surface area contributed by atoms with Gasteiger partial charge in [0.1, 0.15) is 0 Å². The van der Waals surface area contributed by atoms with Gasteiger partial charge in [-0.2, -0.15) is 0 Å². The van der Waals surface area contributed by atoms with Gasteiger partial charge >= 0.3 is 0 Å². The van der Waals surface area contributed by atoms with Crippen LogP contribution in [-0.4, -0.2) is 7.05 Å². The molecule has 0 amide bonds. The van der Waals surface area contributed by atoms with E-state index in [1.54, 1.807) is 17.4 Å². The van der Waals surface area contributed by atoms with Crippen molar-refractivity contribution in [3.05, 3.63) is 55.2 Å². The summed E-state index contributed by atoms with van der Waals surface area (Å²) < 4.78 is 0. The van der Waals surface area contributed by atoms with E-state index >= 15 is 0 Å². The molecule has 1 nitrogen and oxygen atoms in total. The molecule has 2 rings (SSSR count). The van der Waals surface area contributed by atoms with E-state index < -0.39 is 0 Å². The molecular formula is C12H10Cl3NS. The minimum absolute atomic E-state index is 0.0391. The average Bonchev–Trinajstić information content (AvgIpc) is 2.71. The second kappa shape index (κ2) is 5.59. The average molecular weight is 307 g/mol. The third-order valence-electron chi connectivity index (χ3n) is 2.47. The van der Waals surface area contributed by atoms with E-state index in [0.29, 0.717) is 10.0 Å². The molecular weight excluding hydrogens is 297 g/mol. The first-order valence-electron chi connectivity index (χ1n) is 4.98. The number of rotatable bonds is 3. The highest BCUT2D eigenvalue weighted by molar-refractivity contribution is 7.10. The molecule has 1 heterocycles. The maximum Gasteiger partial charge on any atom is 0.0684 e. The second-order valence-corrected chi connectivity index (χ2v) is 5.70. The van der Waals surface area contributed by atoms with E-state index in [2.05, 4.69) is 5.32 Å². The molecule has 0 radical (unpaired) electrons. The quantitative estimate of drug-likeness (QED) is 0.840. The predicted molar refractivity (Wildman–Crippen MR) is 76.7 cm³/mol. The Labute approximate surface area is 119 Å². The Morgan fingerprint density at radius 3 is 2.35 bits per heavy atom. The Hall–Kier alpha value is -0.250. The zero-order valence-corrected chi connectivity index (χ0v) is 12.1. The standard InChI is InChI=1S/C12H10Cl3NS/c1-16-11(12-9(14)4-5-17-12)7-2-3-8(13)10(15)6-7/h2-6,11,16H,1H3. The largest absolute Gasteiger partial charge is 0.309 e. The van der Waals surface area contributed by atoms with E-state index in [1.165, 1.54) is 0 Å². The first-order valence-corrected chi connectivity index (χ1v) is 7.00. The lowest BCUT2D eigenvalue weighted by molar-refractivity contribution is 0.704. The number of halogens is 3. The summed E-state index contributed by atoms with van der Waals surface area (Å²) in [6.07, 6.45) is 0. The number of hydrogen-bond acceptors (Lipinski definition) is 2. The number of nitrogens with one attached hydrogen (secondary N) is 1. The highest BCUT2D eigenvalue weighted by atomic mass is 35.5. The topological polar surface area (TPSA) is 12.0 Å². The molecule has 1 aromatic carbocycles. The van der Waals surface area contributed by atoms with Crippen LogP contribution in [0, 0.1) is 0 Å². The predicted octanol–water partition coefficient (Wildman–Crippen LogP) is 5.02. The van der Waals surface area contributed by atoms with Crippen LogP contribution in [-0.2, 0) is 0 Å². The molecule has 2 aromatic rings. The first-order chi connectivity index (χ1) is 8.13. The number of thiophene rings is 1. The van der Waals surface area contributed by atoms with Gasteiger partial charge in [0.05, 0.1) is 21.1 Å². The van der Waals surface area contributed by atoms with Crippen molar-refractivity contribution in [3.8, 4) is 0 Å². The fraction of sp³-hybridized carbons (Fsp3) is 0.167. The highest BCUT2D eigenvalue weighted by Gasteiger charge is 2.17. The van der Waals surface area contributed by atoms with Gasteiger partial charge in [-0.3, -0.25) is 0 Å². The molecule has 1 atom stereocenters. The van der Waals surface area contributed by atoms with Crippen molar-refractivity contribution in [2.24, 2.45) is 0 Å². The van der Waals surface area contributed by atoms with Gasteiger partial charge in [-0.25, -0.2) is 0 Å². The van der Waals surface area contributed by atoms with Crippen LogP contribution in [0.15, 0.2) is 29.6 Å².